The van der Waals surface area contributed by atoms with Crippen LogP contribution in [0.3, 0.4) is 0 Å². The third-order valence-corrected chi connectivity index (χ3v) is 4.02. The van der Waals surface area contributed by atoms with Gasteiger partial charge in [-0.15, -0.1) is 22.0 Å². The number of fused-ring (bicyclic) bond motifs is 1. The van der Waals surface area contributed by atoms with E-state index in [1.54, 1.807) is 11.8 Å². The molecule has 20 heavy (non-hydrogen) atoms. The van der Waals surface area contributed by atoms with Crippen molar-refractivity contribution in [2.45, 2.75) is 4.90 Å². The van der Waals surface area contributed by atoms with Crippen molar-refractivity contribution in [2.24, 2.45) is 0 Å². The molecule has 5 heteroatoms. The summed E-state index contributed by atoms with van der Waals surface area (Å²) in [7, 11) is 0. The van der Waals surface area contributed by atoms with Crippen molar-refractivity contribution in [1.82, 2.24) is 10.2 Å². The predicted octanol–water partition coefficient (Wildman–Crippen LogP) is 4.75. The van der Waals surface area contributed by atoms with Gasteiger partial charge in [0.15, 0.2) is 11.0 Å². The van der Waals surface area contributed by atoms with E-state index in [0.717, 1.165) is 16.5 Å². The maximum Gasteiger partial charge on any atom is 0.161 e. The van der Waals surface area contributed by atoms with E-state index in [2.05, 4.69) is 33.9 Å². The molecule has 0 radical (unpaired) electrons. The van der Waals surface area contributed by atoms with Crippen LogP contribution >= 0.6 is 23.4 Å². The van der Waals surface area contributed by atoms with Gasteiger partial charge in [-0.1, -0.05) is 35.9 Å². The van der Waals surface area contributed by atoms with E-state index in [1.165, 1.54) is 4.90 Å². The molecule has 0 saturated heterocycles. The molecule has 100 valence electrons. The molecule has 0 atom stereocenters. The molecule has 0 saturated carbocycles. The predicted molar refractivity (Wildman–Crippen MR) is 86.1 cm³/mol. The van der Waals surface area contributed by atoms with Crippen molar-refractivity contribution in [3.8, 4) is 0 Å². The Kier molecular flexibility index (Phi) is 3.76. The number of rotatable bonds is 3. The third-order valence-electron chi connectivity index (χ3n) is 2.99. The van der Waals surface area contributed by atoms with E-state index in [9.17, 15) is 0 Å². The number of anilines is 2. The highest BCUT2D eigenvalue weighted by molar-refractivity contribution is 7.98. The Bertz CT molecular complexity index is 744. The molecule has 1 aromatic heterocycles. The van der Waals surface area contributed by atoms with E-state index < -0.39 is 0 Å². The third kappa shape index (κ3) is 2.57. The van der Waals surface area contributed by atoms with Gasteiger partial charge >= 0.3 is 0 Å². The highest BCUT2D eigenvalue weighted by atomic mass is 35.5. The van der Waals surface area contributed by atoms with Crippen LogP contribution in [0.15, 0.2) is 53.4 Å². The molecule has 0 aliphatic carbocycles. The van der Waals surface area contributed by atoms with Gasteiger partial charge < -0.3 is 5.32 Å². The molecule has 0 spiro atoms. The highest BCUT2D eigenvalue weighted by Crippen LogP contribution is 2.28. The maximum absolute atomic E-state index is 6.07. The summed E-state index contributed by atoms with van der Waals surface area (Å²) in [4.78, 5) is 1.22. The number of nitrogens with one attached hydrogen (secondary N) is 1. The average Bonchev–Trinajstić information content (AvgIpc) is 2.51. The lowest BCUT2D eigenvalue weighted by molar-refractivity contribution is 1.05. The molecule has 0 bridgehead atoms. The number of hydrogen-bond donors (Lipinski definition) is 1. The van der Waals surface area contributed by atoms with Gasteiger partial charge in [0.1, 0.15) is 0 Å². The van der Waals surface area contributed by atoms with Gasteiger partial charge in [0, 0.05) is 21.4 Å². The average molecular weight is 302 g/mol. The minimum atomic E-state index is 0.420. The second-order valence-electron chi connectivity index (χ2n) is 4.24. The standard InChI is InChI=1S/C15H12ClN3S/c1-20-11-8-6-10(7-9-11)17-15-13-5-3-2-4-12(13)14(16)18-19-15/h2-9H,1H3,(H,17,19). The minimum Gasteiger partial charge on any atom is -0.338 e. The van der Waals surface area contributed by atoms with E-state index in [-0.39, 0.29) is 0 Å². The number of thioether (sulfide) groups is 1. The van der Waals surface area contributed by atoms with Crippen LogP contribution < -0.4 is 5.32 Å². The first kappa shape index (κ1) is 13.2. The maximum atomic E-state index is 6.07. The number of hydrogen-bond acceptors (Lipinski definition) is 4. The summed E-state index contributed by atoms with van der Waals surface area (Å²) in [5.74, 6) is 0.710. The zero-order valence-electron chi connectivity index (χ0n) is 10.8. The summed E-state index contributed by atoms with van der Waals surface area (Å²) in [6, 6.07) is 16.0. The van der Waals surface area contributed by atoms with Crippen LogP contribution in [0, 0.1) is 0 Å². The molecule has 3 nitrogen and oxygen atoms in total. The summed E-state index contributed by atoms with van der Waals surface area (Å²) in [6.07, 6.45) is 2.06. The first-order chi connectivity index (χ1) is 9.78. The van der Waals surface area contributed by atoms with Crippen molar-refractivity contribution in [1.29, 1.82) is 0 Å². The van der Waals surface area contributed by atoms with E-state index in [4.69, 9.17) is 11.6 Å². The Balaban J connectivity index is 2.00. The molecular formula is C15H12ClN3S. The fourth-order valence-corrected chi connectivity index (χ4v) is 2.59. The van der Waals surface area contributed by atoms with Gasteiger partial charge in [-0.2, -0.15) is 0 Å². The smallest absolute Gasteiger partial charge is 0.161 e. The van der Waals surface area contributed by atoms with Crippen LogP contribution in [-0.4, -0.2) is 16.5 Å². The lowest BCUT2D eigenvalue weighted by Crippen LogP contribution is -1.97. The molecule has 1 N–H and O–H groups in total. The van der Waals surface area contributed by atoms with Crippen LogP contribution in [0.25, 0.3) is 10.8 Å². The van der Waals surface area contributed by atoms with Gasteiger partial charge in [-0.3, -0.25) is 0 Å². The molecule has 3 aromatic rings. The molecule has 0 amide bonds. The second-order valence-corrected chi connectivity index (χ2v) is 5.48. The fourth-order valence-electron chi connectivity index (χ4n) is 1.97. The molecular weight excluding hydrogens is 290 g/mol. The van der Waals surface area contributed by atoms with Gasteiger partial charge in [0.05, 0.1) is 0 Å². The van der Waals surface area contributed by atoms with E-state index in [0.29, 0.717) is 11.0 Å². The number of nitrogens with zero attached hydrogens (tertiary/aromatic N) is 2. The normalized spacial score (nSPS) is 10.7. The quantitative estimate of drug-likeness (QED) is 0.709. The number of aromatic nitrogens is 2. The molecule has 1 heterocycles. The van der Waals surface area contributed by atoms with E-state index in [1.807, 2.05) is 36.4 Å². The Morgan fingerprint density at radius 3 is 2.35 bits per heavy atom. The van der Waals surface area contributed by atoms with Crippen LogP contribution in [0.1, 0.15) is 0 Å². The van der Waals surface area contributed by atoms with Crippen LogP contribution in [0.2, 0.25) is 5.15 Å². The summed E-state index contributed by atoms with van der Waals surface area (Å²) in [5.41, 5.74) is 0.976. The lowest BCUT2D eigenvalue weighted by Gasteiger charge is -2.09. The molecule has 3 rings (SSSR count). The Labute approximate surface area is 126 Å². The molecule has 0 aliphatic rings. The zero-order chi connectivity index (χ0) is 13.9. The molecule has 0 unspecified atom stereocenters. The second kappa shape index (κ2) is 5.69. The first-order valence-corrected chi connectivity index (χ1v) is 7.70. The number of benzene rings is 2. The largest absolute Gasteiger partial charge is 0.338 e. The van der Waals surface area contributed by atoms with Crippen molar-refractivity contribution in [3.05, 3.63) is 53.7 Å². The monoisotopic (exact) mass is 301 g/mol. The van der Waals surface area contributed by atoms with Crippen molar-refractivity contribution in [3.63, 3.8) is 0 Å². The number of halogens is 1. The van der Waals surface area contributed by atoms with Crippen LogP contribution in [0.4, 0.5) is 11.5 Å². The van der Waals surface area contributed by atoms with Crippen LogP contribution in [0.5, 0.6) is 0 Å². The Hall–Kier alpha value is -1.78. The zero-order valence-corrected chi connectivity index (χ0v) is 12.4. The summed E-state index contributed by atoms with van der Waals surface area (Å²) in [6.45, 7) is 0. The molecule has 0 fully saturated rings. The summed E-state index contributed by atoms with van der Waals surface area (Å²) >= 11 is 7.78. The Morgan fingerprint density at radius 2 is 1.65 bits per heavy atom. The van der Waals surface area contributed by atoms with Crippen molar-refractivity contribution >= 4 is 45.6 Å². The highest BCUT2D eigenvalue weighted by Gasteiger charge is 2.07. The van der Waals surface area contributed by atoms with Gasteiger partial charge in [0.2, 0.25) is 0 Å². The lowest BCUT2D eigenvalue weighted by atomic mass is 10.2. The van der Waals surface area contributed by atoms with E-state index >= 15 is 0 Å². The van der Waals surface area contributed by atoms with Crippen LogP contribution in [-0.2, 0) is 0 Å². The van der Waals surface area contributed by atoms with Gasteiger partial charge in [-0.25, -0.2) is 0 Å². The van der Waals surface area contributed by atoms with Crippen molar-refractivity contribution in [2.75, 3.05) is 11.6 Å². The summed E-state index contributed by atoms with van der Waals surface area (Å²) < 4.78 is 0. The SMILES string of the molecule is CSc1ccc(Nc2nnc(Cl)c3ccccc23)cc1. The molecule has 0 aliphatic heterocycles. The van der Waals surface area contributed by atoms with Crippen molar-refractivity contribution < 1.29 is 0 Å². The van der Waals surface area contributed by atoms with Gasteiger partial charge in [-0.05, 0) is 30.5 Å². The Morgan fingerprint density at radius 1 is 0.950 bits per heavy atom. The first-order valence-electron chi connectivity index (χ1n) is 6.10. The minimum absolute atomic E-state index is 0.420. The van der Waals surface area contributed by atoms with Gasteiger partial charge in [0.25, 0.3) is 0 Å². The topological polar surface area (TPSA) is 37.8 Å². The summed E-state index contributed by atoms with van der Waals surface area (Å²) in [5, 5.41) is 13.7. The molecule has 2 aromatic carbocycles. The fraction of sp³-hybridized carbons (Fsp3) is 0.0667.